The third kappa shape index (κ3) is 9.40. The highest BCUT2D eigenvalue weighted by molar-refractivity contribution is 7.55. The summed E-state index contributed by atoms with van der Waals surface area (Å²) in [6.07, 6.45) is 1.35. The van der Waals surface area contributed by atoms with Gasteiger partial charge in [0, 0.05) is 6.42 Å². The largest absolute Gasteiger partial charge is 0.459 e. The van der Waals surface area contributed by atoms with E-state index < -0.39 is 24.8 Å². The van der Waals surface area contributed by atoms with E-state index >= 15 is 0 Å². The number of carbonyl (C=O) groups excluding carboxylic acids is 1. The van der Waals surface area contributed by atoms with Gasteiger partial charge in [0.2, 0.25) is 5.89 Å². The van der Waals surface area contributed by atoms with Gasteiger partial charge in [-0.2, -0.15) is 4.98 Å². The van der Waals surface area contributed by atoms with Crippen molar-refractivity contribution >= 4 is 13.6 Å². The van der Waals surface area contributed by atoms with Crippen molar-refractivity contribution in [1.82, 2.24) is 10.1 Å². The summed E-state index contributed by atoms with van der Waals surface area (Å²) in [5.41, 5.74) is 0.329. The lowest BCUT2D eigenvalue weighted by molar-refractivity contribution is -0.154. The predicted molar refractivity (Wildman–Crippen MR) is 128 cm³/mol. The first-order valence-electron chi connectivity index (χ1n) is 11.6. The second kappa shape index (κ2) is 13.6. The minimum Gasteiger partial charge on any atom is -0.459 e. The number of rotatable bonds is 11. The lowest BCUT2D eigenvalue weighted by Crippen LogP contribution is -2.34. The Kier molecular flexibility index (Phi) is 12.0. The van der Waals surface area contributed by atoms with Crippen LogP contribution in [0.15, 0.2) is 28.8 Å². The van der Waals surface area contributed by atoms with E-state index in [1.807, 2.05) is 26.0 Å². The predicted octanol–water partition coefficient (Wildman–Crippen LogP) is 5.77. The van der Waals surface area contributed by atoms with E-state index in [2.05, 4.69) is 29.2 Å². The maximum atomic E-state index is 13.4. The van der Waals surface area contributed by atoms with Crippen LogP contribution in [0.1, 0.15) is 78.2 Å². The molecule has 1 heterocycles. The number of nitrogens with zero attached hydrogens (tertiary/aromatic N) is 2. The van der Waals surface area contributed by atoms with E-state index in [4.69, 9.17) is 18.3 Å². The number of aromatic nitrogens is 2. The summed E-state index contributed by atoms with van der Waals surface area (Å²) in [7, 11) is -3.81. The fraction of sp³-hybridized carbons (Fsp3) is 0.625. The first kappa shape index (κ1) is 29.0. The van der Waals surface area contributed by atoms with Crippen LogP contribution in [0.4, 0.5) is 0 Å². The average molecular weight is 483 g/mol. The number of esters is 1. The van der Waals surface area contributed by atoms with Crippen molar-refractivity contribution in [3.05, 3.63) is 47.1 Å². The van der Waals surface area contributed by atoms with Crippen molar-refractivity contribution in [3.63, 3.8) is 0 Å². The highest BCUT2D eigenvalue weighted by Crippen LogP contribution is 2.54. The number of ether oxygens (including phenoxy) is 1. The Morgan fingerprint density at radius 1 is 1.03 bits per heavy atom. The summed E-state index contributed by atoms with van der Waals surface area (Å²) in [4.78, 5) is 17.3. The smallest absolute Gasteiger partial charge is 0.345 e. The number of hydrogen-bond donors (Lipinski definition) is 0. The standard InChI is InChI=1S/C22H33N2O6P.C2H6/c1-7-16-10-12-17(13-11-16)14-19-23-20(30-24-19)15-18(21(25)29-22(4,5)6)31(26,27-8-2)28-9-3;1-2/h10-13,18H,7-9,14-15H2,1-6H3;1-2H3. The van der Waals surface area contributed by atoms with Crippen LogP contribution in [0, 0.1) is 0 Å². The lowest BCUT2D eigenvalue weighted by atomic mass is 10.1. The molecule has 8 nitrogen and oxygen atoms in total. The summed E-state index contributed by atoms with van der Waals surface area (Å²) in [6.45, 7) is 14.9. The monoisotopic (exact) mass is 482 g/mol. The third-order valence-electron chi connectivity index (χ3n) is 4.35. The average Bonchev–Trinajstić information content (AvgIpc) is 3.20. The summed E-state index contributed by atoms with van der Waals surface area (Å²) in [5, 5.41) is 4.01. The zero-order chi connectivity index (χ0) is 25.1. The summed E-state index contributed by atoms with van der Waals surface area (Å²) in [5.74, 6) is -0.0341. The molecule has 0 saturated carbocycles. The van der Waals surface area contributed by atoms with Gasteiger partial charge in [-0.3, -0.25) is 9.36 Å². The molecule has 1 atom stereocenters. The van der Waals surface area contributed by atoms with Crippen molar-refractivity contribution < 1.29 is 27.7 Å². The molecule has 0 saturated heterocycles. The van der Waals surface area contributed by atoms with Crippen molar-refractivity contribution in [1.29, 1.82) is 0 Å². The van der Waals surface area contributed by atoms with Crippen LogP contribution in [0.2, 0.25) is 0 Å². The van der Waals surface area contributed by atoms with E-state index in [-0.39, 0.29) is 25.5 Å². The van der Waals surface area contributed by atoms with Crippen LogP contribution < -0.4 is 0 Å². The highest BCUT2D eigenvalue weighted by atomic mass is 31.2. The van der Waals surface area contributed by atoms with Crippen LogP contribution in [0.5, 0.6) is 0 Å². The topological polar surface area (TPSA) is 101 Å². The minimum absolute atomic E-state index is 0.103. The number of benzene rings is 1. The molecule has 0 radical (unpaired) electrons. The number of aryl methyl sites for hydroxylation is 1. The van der Waals surface area contributed by atoms with Gasteiger partial charge in [0.15, 0.2) is 11.5 Å². The Bertz CT molecular complexity index is 879. The Labute approximate surface area is 197 Å². The van der Waals surface area contributed by atoms with Gasteiger partial charge in [-0.1, -0.05) is 50.2 Å². The highest BCUT2D eigenvalue weighted by Gasteiger charge is 2.44. The molecule has 0 N–H and O–H groups in total. The third-order valence-corrected chi connectivity index (χ3v) is 6.74. The Balaban J connectivity index is 0.00000265. The maximum Gasteiger partial charge on any atom is 0.345 e. The SMILES string of the molecule is CC.CCOP(=O)(OCC)C(Cc1nc(Cc2ccc(CC)cc2)no1)C(=O)OC(C)(C)C. The van der Waals surface area contributed by atoms with Gasteiger partial charge >= 0.3 is 13.6 Å². The Morgan fingerprint density at radius 3 is 2.06 bits per heavy atom. The van der Waals surface area contributed by atoms with E-state index in [1.54, 1.807) is 34.6 Å². The maximum absolute atomic E-state index is 13.4. The van der Waals surface area contributed by atoms with E-state index in [0.29, 0.717) is 12.2 Å². The first-order chi connectivity index (χ1) is 15.6. The van der Waals surface area contributed by atoms with Gasteiger partial charge in [0.25, 0.3) is 0 Å². The van der Waals surface area contributed by atoms with Gasteiger partial charge in [0.05, 0.1) is 19.6 Å². The first-order valence-corrected chi connectivity index (χ1v) is 13.2. The molecule has 0 amide bonds. The molecule has 1 unspecified atom stereocenters. The second-order valence-corrected chi connectivity index (χ2v) is 10.3. The molecule has 1 aromatic carbocycles. The Morgan fingerprint density at radius 2 is 1.58 bits per heavy atom. The normalized spacial score (nSPS) is 12.6. The molecule has 0 fully saturated rings. The number of hydrogen-bond acceptors (Lipinski definition) is 8. The van der Waals surface area contributed by atoms with Crippen LogP contribution in [0.25, 0.3) is 0 Å². The molecule has 2 aromatic rings. The fourth-order valence-electron chi connectivity index (χ4n) is 2.96. The van der Waals surface area contributed by atoms with Crippen LogP contribution in [-0.2, 0) is 42.4 Å². The van der Waals surface area contributed by atoms with Crippen LogP contribution in [0.3, 0.4) is 0 Å². The van der Waals surface area contributed by atoms with Gasteiger partial charge in [-0.25, -0.2) is 0 Å². The minimum atomic E-state index is -3.81. The quantitative estimate of drug-likeness (QED) is 0.294. The summed E-state index contributed by atoms with van der Waals surface area (Å²) >= 11 is 0. The molecule has 0 bridgehead atoms. The molecule has 0 aliphatic rings. The zero-order valence-electron chi connectivity index (χ0n) is 21.2. The van der Waals surface area contributed by atoms with E-state index in [0.717, 1.165) is 12.0 Å². The molecule has 0 aliphatic heterocycles. The van der Waals surface area contributed by atoms with Crippen molar-refractivity contribution in [2.75, 3.05) is 13.2 Å². The molecule has 1 aromatic heterocycles. The Hall–Kier alpha value is -2.02. The molecule has 9 heteroatoms. The fourth-order valence-corrected chi connectivity index (χ4v) is 4.80. The molecule has 2 rings (SSSR count). The molecular weight excluding hydrogens is 443 g/mol. The van der Waals surface area contributed by atoms with Crippen molar-refractivity contribution in [2.45, 2.75) is 85.9 Å². The number of carbonyl (C=O) groups is 1. The second-order valence-electron chi connectivity index (χ2n) is 8.08. The van der Waals surface area contributed by atoms with E-state index in [1.165, 1.54) is 5.56 Å². The summed E-state index contributed by atoms with van der Waals surface area (Å²) < 4.78 is 35.0. The van der Waals surface area contributed by atoms with Crippen molar-refractivity contribution in [3.8, 4) is 0 Å². The van der Waals surface area contributed by atoms with Gasteiger partial charge in [0.1, 0.15) is 5.60 Å². The van der Waals surface area contributed by atoms with Crippen molar-refractivity contribution in [2.24, 2.45) is 0 Å². The molecule has 0 spiro atoms. The van der Waals surface area contributed by atoms with Gasteiger partial charge in [-0.05, 0) is 52.2 Å². The molecule has 186 valence electrons. The lowest BCUT2D eigenvalue weighted by Gasteiger charge is -2.27. The van der Waals surface area contributed by atoms with Gasteiger partial charge < -0.3 is 18.3 Å². The molecule has 33 heavy (non-hydrogen) atoms. The van der Waals surface area contributed by atoms with E-state index in [9.17, 15) is 9.36 Å². The van der Waals surface area contributed by atoms with Crippen LogP contribution >= 0.6 is 7.60 Å². The summed E-state index contributed by atoms with van der Waals surface area (Å²) in [6, 6.07) is 8.18. The molecular formula is C24H39N2O6P. The molecule has 0 aliphatic carbocycles. The van der Waals surface area contributed by atoms with Crippen LogP contribution in [-0.4, -0.2) is 40.6 Å². The van der Waals surface area contributed by atoms with Gasteiger partial charge in [-0.15, -0.1) is 0 Å². The zero-order valence-corrected chi connectivity index (χ0v) is 22.1.